The van der Waals surface area contributed by atoms with E-state index in [1.165, 1.54) is 19.2 Å². The highest BCUT2D eigenvalue weighted by Crippen LogP contribution is 2.49. The van der Waals surface area contributed by atoms with E-state index in [1.54, 1.807) is 0 Å². The number of oxime groups is 1. The number of hydrogen-bond donors (Lipinski definition) is 7. The number of carbonyl (C=O) groups excluding carboxylic acids is 3. The molecule has 0 bridgehead atoms. The van der Waals surface area contributed by atoms with E-state index in [2.05, 4.69) is 26.0 Å². The molecule has 2 fully saturated rings. The fourth-order valence-corrected chi connectivity index (χ4v) is 6.65. The van der Waals surface area contributed by atoms with Crippen LogP contribution in [0, 0.1) is 0 Å². The van der Waals surface area contributed by atoms with Crippen LogP contribution in [-0.4, -0.2) is 104 Å². The van der Waals surface area contributed by atoms with E-state index >= 15 is 0 Å². The van der Waals surface area contributed by atoms with E-state index in [1.807, 2.05) is 0 Å². The summed E-state index contributed by atoms with van der Waals surface area (Å²) in [5, 5.41) is 48.7. The quantitative estimate of drug-likeness (QED) is 0.0571. The SMILES string of the molecule is CC(C)(O/N=C(\C(=O)N[C@@H]1C(=O)N2C[C@@](C(=O)O)(n3ncn(NC(=O)c4ccc(O)c(O)c4Cl)c3=O)S[C@H]12)c1csc(N)n1)C(=O)O. The number of fused-ring (bicyclic) bond motifs is 1. The van der Waals surface area contributed by atoms with Gasteiger partial charge in [-0.15, -0.1) is 11.3 Å². The van der Waals surface area contributed by atoms with Crippen molar-refractivity contribution in [1.82, 2.24) is 29.7 Å². The predicted octanol–water partition coefficient (Wildman–Crippen LogP) is -1.05. The molecule has 20 nitrogen and oxygen atoms in total. The number of hydrogen-bond acceptors (Lipinski definition) is 15. The van der Waals surface area contributed by atoms with Crippen LogP contribution < -0.4 is 22.2 Å². The van der Waals surface area contributed by atoms with Crippen LogP contribution in [0.25, 0.3) is 0 Å². The van der Waals surface area contributed by atoms with Crippen LogP contribution in [0.2, 0.25) is 5.02 Å². The molecule has 3 atom stereocenters. The highest BCUT2D eigenvalue weighted by Gasteiger charge is 2.64. The van der Waals surface area contributed by atoms with Crippen LogP contribution in [-0.2, 0) is 28.9 Å². The minimum Gasteiger partial charge on any atom is -0.504 e. The summed E-state index contributed by atoms with van der Waals surface area (Å²) in [6, 6.07) is 0.722. The Balaban J connectivity index is 1.37. The van der Waals surface area contributed by atoms with Crippen LogP contribution in [0.1, 0.15) is 29.9 Å². The van der Waals surface area contributed by atoms with Gasteiger partial charge >= 0.3 is 17.6 Å². The van der Waals surface area contributed by atoms with Gasteiger partial charge in [0.05, 0.1) is 17.1 Å². The van der Waals surface area contributed by atoms with Crippen molar-refractivity contribution >= 4 is 75.2 Å². The Hall–Kier alpha value is -5.35. The topological polar surface area (TPSA) is 294 Å². The first kappa shape index (κ1) is 33.0. The standard InChI is InChI=1S/C24H22ClN9O11S2/c1-23(2,19(40)41)45-31-12(9-5-46-21(26)28-9)16(38)29-13-17(39)32-6-24(20(42)43,47-18(13)32)34-22(44)33(7-27-34)30-15(37)8-3-4-10(35)14(36)11(8)25/h3-5,7,13,18,35-36H,6H2,1-2H3,(H2,26,28)(H,29,38)(H,30,37)(H,40,41)(H,42,43)/b31-12-/t13-,18-,24-/m1/s1. The monoisotopic (exact) mass is 711 g/mol. The average Bonchev–Trinajstić information content (AvgIpc) is 3.70. The van der Waals surface area contributed by atoms with Gasteiger partial charge in [-0.3, -0.25) is 19.8 Å². The highest BCUT2D eigenvalue weighted by molar-refractivity contribution is 8.01. The maximum atomic E-state index is 13.3. The molecule has 3 aromatic rings. The van der Waals surface area contributed by atoms with Crippen LogP contribution in [0.15, 0.2) is 33.8 Å². The van der Waals surface area contributed by atoms with Crippen molar-refractivity contribution in [3.05, 3.63) is 50.6 Å². The number of nitrogen functional groups attached to an aromatic ring is 1. The Bertz CT molecular complexity index is 1940. The molecule has 2 aromatic heterocycles. The molecule has 1 aromatic carbocycles. The predicted molar refractivity (Wildman–Crippen MR) is 161 cm³/mol. The number of aromatic hydroxyl groups is 2. The van der Waals surface area contributed by atoms with E-state index in [-0.39, 0.29) is 16.4 Å². The number of carbonyl (C=O) groups is 5. The second-order valence-corrected chi connectivity index (χ2v) is 13.0. The fraction of sp³-hybridized carbons (Fsp3) is 0.292. The Kier molecular flexibility index (Phi) is 8.28. The molecule has 248 valence electrons. The van der Waals surface area contributed by atoms with Crippen molar-refractivity contribution in [2.75, 3.05) is 17.7 Å². The summed E-state index contributed by atoms with van der Waals surface area (Å²) < 4.78 is 1.08. The number of nitrogens with one attached hydrogen (secondary N) is 2. The lowest BCUT2D eigenvalue weighted by molar-refractivity contribution is -0.161. The number of β-lactam (4-membered cyclic amide) rings is 1. The van der Waals surface area contributed by atoms with E-state index < -0.39 is 86.0 Å². The first-order chi connectivity index (χ1) is 22.0. The minimum absolute atomic E-state index is 0.0480. The zero-order valence-electron chi connectivity index (χ0n) is 23.8. The Labute approximate surface area is 274 Å². The summed E-state index contributed by atoms with van der Waals surface area (Å²) >= 11 is 7.46. The second-order valence-electron chi connectivity index (χ2n) is 10.4. The number of nitrogens with zero attached hydrogens (tertiary/aromatic N) is 6. The number of amides is 3. The van der Waals surface area contributed by atoms with Crippen LogP contribution in [0.5, 0.6) is 11.5 Å². The second kappa shape index (κ2) is 11.8. The van der Waals surface area contributed by atoms with Crippen molar-refractivity contribution in [2.45, 2.75) is 35.7 Å². The lowest BCUT2D eigenvalue weighted by Crippen LogP contribution is -2.68. The number of thiazole rings is 1. The molecule has 0 aliphatic carbocycles. The van der Waals surface area contributed by atoms with Crippen LogP contribution >= 0.6 is 34.7 Å². The van der Waals surface area contributed by atoms with Crippen molar-refractivity contribution in [3.63, 3.8) is 0 Å². The maximum Gasteiger partial charge on any atom is 0.366 e. The van der Waals surface area contributed by atoms with Crippen LogP contribution in [0.4, 0.5) is 5.13 Å². The number of aromatic nitrogens is 4. The summed E-state index contributed by atoms with van der Waals surface area (Å²) in [7, 11) is 0. The summed E-state index contributed by atoms with van der Waals surface area (Å²) in [5.41, 5.74) is 3.87. The molecule has 5 rings (SSSR count). The lowest BCUT2D eigenvalue weighted by Gasteiger charge is -2.41. The van der Waals surface area contributed by atoms with Gasteiger partial charge in [-0.05, 0) is 26.0 Å². The summed E-state index contributed by atoms with van der Waals surface area (Å²) in [4.78, 5) is 84.3. The van der Waals surface area contributed by atoms with Gasteiger partial charge in [0.1, 0.15) is 23.4 Å². The third-order valence-electron chi connectivity index (χ3n) is 6.90. The van der Waals surface area contributed by atoms with Gasteiger partial charge in [-0.2, -0.15) is 14.5 Å². The normalized spacial score (nSPS) is 20.7. The molecule has 4 heterocycles. The molecule has 8 N–H and O–H groups in total. The number of carboxylic acids is 2. The third kappa shape index (κ3) is 5.65. The Morgan fingerprint density at radius 2 is 1.91 bits per heavy atom. The fourth-order valence-electron chi connectivity index (χ4n) is 4.29. The van der Waals surface area contributed by atoms with Gasteiger partial charge in [0.2, 0.25) is 16.4 Å². The smallest absolute Gasteiger partial charge is 0.366 e. The molecule has 2 saturated heterocycles. The molecule has 0 spiro atoms. The van der Waals surface area contributed by atoms with E-state index in [0.717, 1.165) is 34.7 Å². The van der Waals surface area contributed by atoms with E-state index in [4.69, 9.17) is 22.2 Å². The largest absolute Gasteiger partial charge is 0.504 e. The Morgan fingerprint density at radius 1 is 1.21 bits per heavy atom. The zero-order chi connectivity index (χ0) is 34.6. The summed E-state index contributed by atoms with van der Waals surface area (Å²) in [5.74, 6) is -7.11. The van der Waals surface area contributed by atoms with Gasteiger partial charge in [0.15, 0.2) is 22.3 Å². The molecule has 2 aliphatic heterocycles. The van der Waals surface area contributed by atoms with Crippen molar-refractivity contribution in [1.29, 1.82) is 0 Å². The van der Waals surface area contributed by atoms with Gasteiger partial charge < -0.3 is 41.2 Å². The molecule has 3 amide bonds. The number of phenols is 2. The van der Waals surface area contributed by atoms with Gasteiger partial charge in [0, 0.05) is 5.38 Å². The number of benzene rings is 1. The van der Waals surface area contributed by atoms with Crippen molar-refractivity contribution in [3.8, 4) is 11.5 Å². The van der Waals surface area contributed by atoms with Crippen molar-refractivity contribution < 1.29 is 49.2 Å². The number of rotatable bonds is 10. The molecule has 47 heavy (non-hydrogen) atoms. The molecule has 0 unspecified atom stereocenters. The van der Waals surface area contributed by atoms with E-state index in [0.29, 0.717) is 21.1 Å². The zero-order valence-corrected chi connectivity index (χ0v) is 26.2. The highest BCUT2D eigenvalue weighted by atomic mass is 35.5. The number of thioether (sulfide) groups is 1. The minimum atomic E-state index is -2.21. The molecular weight excluding hydrogens is 690 g/mol. The van der Waals surface area contributed by atoms with Gasteiger partial charge in [0.25, 0.3) is 11.8 Å². The van der Waals surface area contributed by atoms with Gasteiger partial charge in [-0.25, -0.2) is 19.4 Å². The molecule has 0 saturated carbocycles. The van der Waals surface area contributed by atoms with Crippen molar-refractivity contribution in [2.24, 2.45) is 5.16 Å². The summed E-state index contributed by atoms with van der Waals surface area (Å²) in [6.07, 6.45) is 0.803. The first-order valence-electron chi connectivity index (χ1n) is 12.9. The number of phenolic OH excluding ortho intramolecular Hbond substituents is 2. The average molecular weight is 712 g/mol. The molecular formula is C24H22ClN9O11S2. The van der Waals surface area contributed by atoms with Crippen LogP contribution in [0.3, 0.4) is 0 Å². The molecule has 23 heteroatoms. The lowest BCUT2D eigenvalue weighted by atomic mass is 10.1. The van der Waals surface area contributed by atoms with Gasteiger partial charge in [-0.1, -0.05) is 28.5 Å². The number of aliphatic carboxylic acids is 2. The number of anilines is 1. The Morgan fingerprint density at radius 3 is 2.53 bits per heavy atom. The molecule has 0 radical (unpaired) electrons. The number of nitrogens with two attached hydrogens (primary N) is 1. The molecule has 2 aliphatic rings. The summed E-state index contributed by atoms with van der Waals surface area (Å²) in [6.45, 7) is 1.80. The van der Waals surface area contributed by atoms with E-state index in [9.17, 15) is 49.2 Å². The first-order valence-corrected chi connectivity index (χ1v) is 15.0. The number of halogens is 1. The third-order valence-corrected chi connectivity index (χ3v) is 9.59. The number of carboxylic acid groups (broad SMARTS) is 2. The maximum absolute atomic E-state index is 13.3.